The van der Waals surface area contributed by atoms with Crippen LogP contribution in [0.3, 0.4) is 0 Å². The number of sulfone groups is 1. The molecule has 0 saturated carbocycles. The van der Waals surface area contributed by atoms with E-state index in [4.69, 9.17) is 0 Å². The van der Waals surface area contributed by atoms with E-state index in [1.54, 1.807) is 20.8 Å². The summed E-state index contributed by atoms with van der Waals surface area (Å²) in [7, 11) is -3.19. The van der Waals surface area contributed by atoms with Crippen LogP contribution in [0.25, 0.3) is 0 Å². The van der Waals surface area contributed by atoms with Gasteiger partial charge in [-0.15, -0.1) is 0 Å². The molecule has 1 amide bonds. The van der Waals surface area contributed by atoms with Crippen LogP contribution in [0.1, 0.15) is 31.1 Å². The van der Waals surface area contributed by atoms with Gasteiger partial charge in [-0.1, -0.05) is 0 Å². The molecule has 0 bridgehead atoms. The van der Waals surface area contributed by atoms with E-state index >= 15 is 0 Å². The Balaban J connectivity index is 3.03. The minimum absolute atomic E-state index is 0.0533. The lowest BCUT2D eigenvalue weighted by Crippen LogP contribution is -2.47. The first-order valence-electron chi connectivity index (χ1n) is 6.11. The van der Waals surface area contributed by atoms with E-state index < -0.39 is 27.1 Å². The van der Waals surface area contributed by atoms with Crippen LogP contribution >= 0.6 is 0 Å². The van der Waals surface area contributed by atoms with Gasteiger partial charge < -0.3 is 4.90 Å². The van der Waals surface area contributed by atoms with Gasteiger partial charge in [-0.3, -0.25) is 9.78 Å². The average molecular weight is 302 g/mol. The molecule has 0 saturated heterocycles. The molecule has 1 aromatic heterocycles. The van der Waals surface area contributed by atoms with Crippen molar-refractivity contribution in [2.45, 2.75) is 26.3 Å². The zero-order valence-corrected chi connectivity index (χ0v) is 12.9. The molecule has 0 radical (unpaired) electrons. The van der Waals surface area contributed by atoms with E-state index in [2.05, 4.69) is 4.98 Å². The summed E-state index contributed by atoms with van der Waals surface area (Å²) in [4.78, 5) is 17.4. The summed E-state index contributed by atoms with van der Waals surface area (Å²) >= 11 is 0. The molecule has 0 N–H and O–H groups in total. The molecule has 0 atom stereocenters. The second-order valence-electron chi connectivity index (χ2n) is 5.65. The van der Waals surface area contributed by atoms with Crippen molar-refractivity contribution in [3.8, 4) is 0 Å². The lowest BCUT2D eigenvalue weighted by atomic mass is 10.0. The van der Waals surface area contributed by atoms with Gasteiger partial charge in [0.15, 0.2) is 0 Å². The maximum absolute atomic E-state index is 13.1. The second-order valence-corrected chi connectivity index (χ2v) is 7.91. The van der Waals surface area contributed by atoms with E-state index in [1.165, 1.54) is 11.1 Å². The Hall–Kier alpha value is -1.50. The maximum atomic E-state index is 13.1. The van der Waals surface area contributed by atoms with Crippen LogP contribution in [0.2, 0.25) is 0 Å². The van der Waals surface area contributed by atoms with Gasteiger partial charge in [-0.25, -0.2) is 12.8 Å². The normalized spacial score (nSPS) is 12.2. The van der Waals surface area contributed by atoms with Gasteiger partial charge in [0, 0.05) is 24.5 Å². The van der Waals surface area contributed by atoms with Gasteiger partial charge in [0.05, 0.1) is 17.5 Å². The highest BCUT2D eigenvalue weighted by atomic mass is 32.2. The van der Waals surface area contributed by atoms with E-state index in [9.17, 15) is 17.6 Å². The summed E-state index contributed by atoms with van der Waals surface area (Å²) < 4.78 is 35.7. The van der Waals surface area contributed by atoms with Gasteiger partial charge in [0.25, 0.3) is 5.91 Å². The highest BCUT2D eigenvalue weighted by Crippen LogP contribution is 2.17. The standard InChI is InChI=1S/C13H19FN2O3S/c1-13(2,3)16(5-6-20(4,18)19)12(17)10-7-11(14)9-15-8-10/h7-9H,5-6H2,1-4H3. The van der Waals surface area contributed by atoms with E-state index in [0.29, 0.717) is 0 Å². The number of halogens is 1. The molecule has 0 aliphatic carbocycles. The lowest BCUT2D eigenvalue weighted by molar-refractivity contribution is 0.0600. The molecule has 1 heterocycles. The fourth-order valence-electron chi connectivity index (χ4n) is 1.68. The molecule has 112 valence electrons. The zero-order chi connectivity index (χ0) is 15.6. The first-order valence-corrected chi connectivity index (χ1v) is 8.17. The third kappa shape index (κ3) is 4.88. The predicted octanol–water partition coefficient (Wildman–Crippen LogP) is 1.51. The quantitative estimate of drug-likeness (QED) is 0.845. The second kappa shape index (κ2) is 5.87. The van der Waals surface area contributed by atoms with Crippen LogP contribution in [-0.4, -0.2) is 48.3 Å². The van der Waals surface area contributed by atoms with Crippen LogP contribution in [0, 0.1) is 5.82 Å². The monoisotopic (exact) mass is 302 g/mol. The third-order valence-corrected chi connectivity index (χ3v) is 3.62. The number of hydrogen-bond donors (Lipinski definition) is 0. The van der Waals surface area contributed by atoms with Crippen molar-refractivity contribution in [3.63, 3.8) is 0 Å². The molecule has 0 unspecified atom stereocenters. The molecule has 1 rings (SSSR count). The Bertz CT molecular complexity index is 594. The van der Waals surface area contributed by atoms with Crippen molar-refractivity contribution in [1.29, 1.82) is 0 Å². The third-order valence-electron chi connectivity index (χ3n) is 2.69. The summed E-state index contributed by atoms with van der Waals surface area (Å²) in [5.74, 6) is -1.18. The first kappa shape index (κ1) is 16.6. The van der Waals surface area contributed by atoms with Crippen molar-refractivity contribution in [3.05, 3.63) is 29.8 Å². The topological polar surface area (TPSA) is 67.3 Å². The molecule has 7 heteroatoms. The summed E-state index contributed by atoms with van der Waals surface area (Å²) in [6.07, 6.45) is 3.39. The zero-order valence-electron chi connectivity index (χ0n) is 12.1. The van der Waals surface area contributed by atoms with Crippen molar-refractivity contribution < 1.29 is 17.6 Å². The summed E-state index contributed by atoms with van der Waals surface area (Å²) in [6.45, 7) is 5.43. The molecule has 20 heavy (non-hydrogen) atoms. The number of pyridine rings is 1. The lowest BCUT2D eigenvalue weighted by Gasteiger charge is -2.35. The molecule has 0 fully saturated rings. The van der Waals surface area contributed by atoms with E-state index in [0.717, 1.165) is 18.5 Å². The Morgan fingerprint density at radius 2 is 1.95 bits per heavy atom. The number of hydrogen-bond acceptors (Lipinski definition) is 4. The van der Waals surface area contributed by atoms with E-state index in [1.807, 2.05) is 0 Å². The van der Waals surface area contributed by atoms with Crippen molar-refractivity contribution >= 4 is 15.7 Å². The number of carbonyl (C=O) groups excluding carboxylic acids is 1. The summed E-state index contributed by atoms with van der Waals surface area (Å²) in [5.41, 5.74) is -0.470. The molecular weight excluding hydrogens is 283 g/mol. The summed E-state index contributed by atoms with van der Waals surface area (Å²) in [6, 6.07) is 1.09. The minimum Gasteiger partial charge on any atom is -0.333 e. The largest absolute Gasteiger partial charge is 0.333 e. The van der Waals surface area contributed by atoms with Gasteiger partial charge in [0.1, 0.15) is 15.7 Å². The number of nitrogens with zero attached hydrogens (tertiary/aromatic N) is 2. The van der Waals surface area contributed by atoms with Crippen LogP contribution in [0.5, 0.6) is 0 Å². The van der Waals surface area contributed by atoms with Crippen LogP contribution in [0.15, 0.2) is 18.5 Å². The maximum Gasteiger partial charge on any atom is 0.255 e. The number of rotatable bonds is 4. The molecule has 0 aliphatic rings. The number of carbonyl (C=O) groups is 1. The fraction of sp³-hybridized carbons (Fsp3) is 0.538. The molecule has 0 aliphatic heterocycles. The Labute approximate surface area is 118 Å². The Morgan fingerprint density at radius 1 is 1.35 bits per heavy atom. The fourth-order valence-corrected chi connectivity index (χ4v) is 2.20. The first-order chi connectivity index (χ1) is 9.00. The van der Waals surface area contributed by atoms with Crippen molar-refractivity contribution in [1.82, 2.24) is 9.88 Å². The van der Waals surface area contributed by atoms with E-state index in [-0.39, 0.29) is 17.9 Å². The van der Waals surface area contributed by atoms with Crippen LogP contribution in [-0.2, 0) is 9.84 Å². The molecule has 0 aromatic carbocycles. The van der Waals surface area contributed by atoms with Gasteiger partial charge >= 0.3 is 0 Å². The highest BCUT2D eigenvalue weighted by molar-refractivity contribution is 7.90. The van der Waals surface area contributed by atoms with Crippen molar-refractivity contribution in [2.24, 2.45) is 0 Å². The number of amides is 1. The molecule has 0 spiro atoms. The van der Waals surface area contributed by atoms with Gasteiger partial charge in [-0.2, -0.15) is 0 Å². The minimum atomic E-state index is -3.19. The molecule has 1 aromatic rings. The Kier molecular flexibility index (Phi) is 4.86. The number of aromatic nitrogens is 1. The van der Waals surface area contributed by atoms with Crippen LogP contribution < -0.4 is 0 Å². The highest BCUT2D eigenvalue weighted by Gasteiger charge is 2.28. The smallest absolute Gasteiger partial charge is 0.255 e. The SMILES string of the molecule is CC(C)(C)N(CCS(C)(=O)=O)C(=O)c1cncc(F)c1. The average Bonchev–Trinajstić information content (AvgIpc) is 2.25. The molecular formula is C13H19FN2O3S. The predicted molar refractivity (Wildman–Crippen MR) is 74.7 cm³/mol. The van der Waals surface area contributed by atoms with Gasteiger partial charge in [-0.05, 0) is 26.8 Å². The Morgan fingerprint density at radius 3 is 2.40 bits per heavy atom. The van der Waals surface area contributed by atoms with Gasteiger partial charge in [0.2, 0.25) is 0 Å². The summed E-state index contributed by atoms with van der Waals surface area (Å²) in [5, 5.41) is 0. The van der Waals surface area contributed by atoms with Crippen LogP contribution in [0.4, 0.5) is 4.39 Å². The molecule has 5 nitrogen and oxygen atoms in total. The van der Waals surface area contributed by atoms with Crippen molar-refractivity contribution in [2.75, 3.05) is 18.6 Å².